The number of allylic oxidation sites excluding steroid dienone is 22. The van der Waals surface area contributed by atoms with Gasteiger partial charge in [-0.3, -0.25) is 14.4 Å². The van der Waals surface area contributed by atoms with E-state index in [1.165, 1.54) is 70.6 Å². The van der Waals surface area contributed by atoms with Gasteiger partial charge in [0.1, 0.15) is 13.2 Å². The molecule has 0 aromatic heterocycles. The van der Waals surface area contributed by atoms with Crippen molar-refractivity contribution < 1.29 is 28.6 Å². The molecular weight excluding hydrogens is 853 g/mol. The first kappa shape index (κ1) is 64.5. The molecule has 0 saturated carbocycles. The number of hydrogen-bond donors (Lipinski definition) is 0. The summed E-state index contributed by atoms with van der Waals surface area (Å²) in [7, 11) is 0. The van der Waals surface area contributed by atoms with Gasteiger partial charge in [-0.05, 0) is 122 Å². The van der Waals surface area contributed by atoms with Crippen LogP contribution < -0.4 is 0 Å². The minimum absolute atomic E-state index is 0.136. The molecule has 0 radical (unpaired) electrons. The van der Waals surface area contributed by atoms with Crippen LogP contribution in [0.3, 0.4) is 0 Å². The maximum Gasteiger partial charge on any atom is 0.306 e. The van der Waals surface area contributed by atoms with Gasteiger partial charge >= 0.3 is 17.9 Å². The normalized spacial score (nSPS) is 13.1. The molecule has 6 nitrogen and oxygen atoms in total. The lowest BCUT2D eigenvalue weighted by Gasteiger charge is -2.18. The van der Waals surface area contributed by atoms with Crippen LogP contribution >= 0.6 is 0 Å². The molecule has 0 aromatic rings. The van der Waals surface area contributed by atoms with Crippen LogP contribution in [0.15, 0.2) is 134 Å². The topological polar surface area (TPSA) is 78.9 Å². The zero-order chi connectivity index (χ0) is 50.0. The fourth-order valence-corrected chi connectivity index (χ4v) is 6.98. The van der Waals surface area contributed by atoms with Crippen LogP contribution in [0.1, 0.15) is 226 Å². The Hall–Kier alpha value is -4.45. The van der Waals surface area contributed by atoms with Crippen molar-refractivity contribution in [2.45, 2.75) is 232 Å². The van der Waals surface area contributed by atoms with Crippen LogP contribution in [0.2, 0.25) is 0 Å². The molecule has 0 bridgehead atoms. The van der Waals surface area contributed by atoms with Gasteiger partial charge in [0.2, 0.25) is 0 Å². The van der Waals surface area contributed by atoms with E-state index < -0.39 is 12.1 Å². The van der Waals surface area contributed by atoms with Crippen LogP contribution in [-0.2, 0) is 28.6 Å². The van der Waals surface area contributed by atoms with E-state index in [1.807, 2.05) is 12.2 Å². The molecule has 0 fully saturated rings. The molecule has 6 heteroatoms. The van der Waals surface area contributed by atoms with Gasteiger partial charge in [0.05, 0.1) is 0 Å². The first-order valence-corrected chi connectivity index (χ1v) is 27.7. The van der Waals surface area contributed by atoms with Crippen LogP contribution in [0.4, 0.5) is 0 Å². The Labute approximate surface area is 424 Å². The molecule has 0 saturated heterocycles. The van der Waals surface area contributed by atoms with Gasteiger partial charge in [0.15, 0.2) is 6.10 Å². The largest absolute Gasteiger partial charge is 0.462 e. The minimum atomic E-state index is -0.850. The molecule has 0 spiro atoms. The molecule has 0 aliphatic rings. The quantitative estimate of drug-likeness (QED) is 0.0262. The summed E-state index contributed by atoms with van der Waals surface area (Å²) in [6.45, 7) is 6.36. The second-order valence-electron chi connectivity index (χ2n) is 17.7. The van der Waals surface area contributed by atoms with Gasteiger partial charge in [-0.15, -0.1) is 0 Å². The van der Waals surface area contributed by atoms with E-state index in [-0.39, 0.29) is 38.0 Å². The average Bonchev–Trinajstić information content (AvgIpc) is 3.35. The second-order valence-corrected chi connectivity index (χ2v) is 17.7. The van der Waals surface area contributed by atoms with Crippen molar-refractivity contribution >= 4 is 17.9 Å². The van der Waals surface area contributed by atoms with Gasteiger partial charge < -0.3 is 14.2 Å². The number of ether oxygens (including phenoxy) is 3. The summed E-state index contributed by atoms with van der Waals surface area (Å²) < 4.78 is 16.7. The molecule has 0 aliphatic heterocycles. The van der Waals surface area contributed by atoms with Gasteiger partial charge in [0.25, 0.3) is 0 Å². The fraction of sp³-hybridized carbons (Fsp3) is 0.603. The highest BCUT2D eigenvalue weighted by atomic mass is 16.6. The number of esters is 3. The molecule has 388 valence electrons. The Kier molecular flexibility index (Phi) is 52.5. The lowest BCUT2D eigenvalue weighted by molar-refractivity contribution is -0.166. The Morgan fingerprint density at radius 3 is 1.03 bits per heavy atom. The third-order valence-electron chi connectivity index (χ3n) is 11.1. The standard InChI is InChI=1S/C63H100O6/c1-4-7-10-13-16-19-22-25-28-30-31-33-36-39-42-45-48-51-54-57-63(66)69-60(58-67-61(64)55-52-49-46-43-40-37-34-27-24-21-18-15-12-9-6-3)59-68-62(65)56-53-50-47-44-41-38-35-32-29-26-23-20-17-14-11-8-5-2/h7,10,16,18-19,21,25-29,31,33-35,38-39,42,44,47-48,51,60H,4-6,8-9,11-15,17,20,22-24,30,32,36-37,40-41,43,45-46,49-50,52-59H2,1-3H3/b10-7-,19-16-,21-18-,28-25-,29-26-,33-31-,34-27-,38-35-,42-39-,47-44-,51-48-/t60-/m1/s1. The first-order valence-electron chi connectivity index (χ1n) is 27.7. The number of rotatable bonds is 48. The lowest BCUT2D eigenvalue weighted by Crippen LogP contribution is -2.30. The highest BCUT2D eigenvalue weighted by Crippen LogP contribution is 2.11. The van der Waals surface area contributed by atoms with E-state index in [0.29, 0.717) is 19.3 Å². The van der Waals surface area contributed by atoms with Crippen molar-refractivity contribution in [2.75, 3.05) is 13.2 Å². The Morgan fingerprint density at radius 1 is 0.304 bits per heavy atom. The molecule has 0 aromatic carbocycles. The van der Waals surface area contributed by atoms with E-state index >= 15 is 0 Å². The van der Waals surface area contributed by atoms with Crippen LogP contribution in [0.5, 0.6) is 0 Å². The summed E-state index contributed by atoms with van der Waals surface area (Å²) in [5.74, 6) is -1.09. The van der Waals surface area contributed by atoms with E-state index in [0.717, 1.165) is 103 Å². The summed E-state index contributed by atoms with van der Waals surface area (Å²) in [6, 6.07) is 0. The predicted octanol–water partition coefficient (Wildman–Crippen LogP) is 18.6. The SMILES string of the molecule is CC/C=C\C/C=C\C/C=C\C/C=C\C/C=C\C/C=C\CCC(=O)O[C@@H](COC(=O)CCC/C=C\C/C=C\C/C=C\CCCCCCCC)COC(=O)CCCCCCC/C=C\C/C=C\CCCCC. The maximum atomic E-state index is 12.8. The summed E-state index contributed by atoms with van der Waals surface area (Å²) in [5, 5.41) is 0. The molecule has 0 rings (SSSR count). The molecular formula is C63H100O6. The predicted molar refractivity (Wildman–Crippen MR) is 297 cm³/mol. The highest BCUT2D eigenvalue weighted by Gasteiger charge is 2.19. The zero-order valence-corrected chi connectivity index (χ0v) is 44.3. The summed E-state index contributed by atoms with van der Waals surface area (Å²) in [5.41, 5.74) is 0. The van der Waals surface area contributed by atoms with Gasteiger partial charge in [0, 0.05) is 19.3 Å². The van der Waals surface area contributed by atoms with Gasteiger partial charge in [-0.2, -0.15) is 0 Å². The van der Waals surface area contributed by atoms with Gasteiger partial charge in [-0.25, -0.2) is 0 Å². The fourth-order valence-electron chi connectivity index (χ4n) is 6.98. The van der Waals surface area contributed by atoms with Crippen molar-refractivity contribution in [1.82, 2.24) is 0 Å². The van der Waals surface area contributed by atoms with E-state index in [1.54, 1.807) is 0 Å². The Bertz CT molecular complexity index is 1510. The van der Waals surface area contributed by atoms with E-state index in [9.17, 15) is 14.4 Å². The van der Waals surface area contributed by atoms with Crippen LogP contribution in [0, 0.1) is 0 Å². The monoisotopic (exact) mass is 953 g/mol. The number of unbranched alkanes of at least 4 members (excludes halogenated alkanes) is 15. The van der Waals surface area contributed by atoms with Crippen molar-refractivity contribution in [2.24, 2.45) is 0 Å². The van der Waals surface area contributed by atoms with E-state index in [4.69, 9.17) is 14.2 Å². The molecule has 0 aliphatic carbocycles. The first-order chi connectivity index (χ1) is 34.0. The Balaban J connectivity index is 4.63. The molecule has 0 unspecified atom stereocenters. The van der Waals surface area contributed by atoms with Crippen molar-refractivity contribution in [3.8, 4) is 0 Å². The highest BCUT2D eigenvalue weighted by molar-refractivity contribution is 5.71. The summed E-state index contributed by atoms with van der Waals surface area (Å²) in [4.78, 5) is 38.1. The number of carbonyl (C=O) groups is 3. The molecule has 69 heavy (non-hydrogen) atoms. The Morgan fingerprint density at radius 2 is 0.609 bits per heavy atom. The van der Waals surface area contributed by atoms with Crippen molar-refractivity contribution in [3.05, 3.63) is 134 Å². The average molecular weight is 953 g/mol. The van der Waals surface area contributed by atoms with Crippen LogP contribution in [-0.4, -0.2) is 37.2 Å². The molecule has 0 amide bonds. The van der Waals surface area contributed by atoms with Crippen molar-refractivity contribution in [1.29, 1.82) is 0 Å². The summed E-state index contributed by atoms with van der Waals surface area (Å²) in [6.07, 6.45) is 78.8. The minimum Gasteiger partial charge on any atom is -0.462 e. The smallest absolute Gasteiger partial charge is 0.306 e. The lowest BCUT2D eigenvalue weighted by atomic mass is 10.1. The zero-order valence-electron chi connectivity index (χ0n) is 44.3. The maximum absolute atomic E-state index is 12.8. The van der Waals surface area contributed by atoms with Gasteiger partial charge in [-0.1, -0.05) is 219 Å². The molecule has 0 N–H and O–H groups in total. The molecule has 1 atom stereocenters. The summed E-state index contributed by atoms with van der Waals surface area (Å²) >= 11 is 0. The third-order valence-corrected chi connectivity index (χ3v) is 11.1. The number of hydrogen-bond acceptors (Lipinski definition) is 6. The molecule has 0 heterocycles. The van der Waals surface area contributed by atoms with Crippen LogP contribution in [0.25, 0.3) is 0 Å². The number of carbonyl (C=O) groups excluding carboxylic acids is 3. The third kappa shape index (κ3) is 54.4. The second kappa shape index (κ2) is 56.1. The van der Waals surface area contributed by atoms with Crippen molar-refractivity contribution in [3.63, 3.8) is 0 Å². The van der Waals surface area contributed by atoms with E-state index in [2.05, 4.69) is 142 Å².